The Labute approximate surface area is 445 Å². The Morgan fingerprint density at radius 3 is 1.22 bits per heavy atom. The highest BCUT2D eigenvalue weighted by molar-refractivity contribution is 6.15. The first kappa shape index (κ1) is 47.5. The number of nitriles is 2. The van der Waals surface area contributed by atoms with Crippen molar-refractivity contribution >= 4 is 66.4 Å². The van der Waals surface area contributed by atoms with Crippen LogP contribution in [0.2, 0.25) is 0 Å². The van der Waals surface area contributed by atoms with E-state index in [4.69, 9.17) is 19.7 Å². The summed E-state index contributed by atoms with van der Waals surface area (Å²) in [4.78, 5) is 15.3. The zero-order valence-corrected chi connectivity index (χ0v) is 40.8. The molecule has 12 aromatic rings. The minimum atomic E-state index is -4.91. The number of nitrogens with zero attached hydrogens (tertiary/aromatic N) is 8. The highest BCUT2D eigenvalue weighted by Gasteiger charge is 2.36. The molecule has 0 bridgehead atoms. The second-order valence-electron chi connectivity index (χ2n) is 18.6. The maximum atomic E-state index is 15.5. The molecule has 0 fully saturated rings. The summed E-state index contributed by atoms with van der Waals surface area (Å²) in [5.74, 6) is 0. The summed E-state index contributed by atoms with van der Waals surface area (Å²) in [7, 11) is 0. The number of halogens is 3. The minimum Gasteiger partial charge on any atom is -0.319 e. The van der Waals surface area contributed by atoms with E-state index in [0.717, 1.165) is 61.3 Å². The zero-order chi connectivity index (χ0) is 53.8. The van der Waals surface area contributed by atoms with E-state index in [9.17, 15) is 17.1 Å². The van der Waals surface area contributed by atoms with Crippen molar-refractivity contribution in [2.75, 3.05) is 0 Å². The number of hydrogen-bond donors (Lipinski definition) is 0. The lowest BCUT2D eigenvalue weighted by Gasteiger charge is -2.23. The topological polar surface area (TPSA) is 74.9 Å². The first-order chi connectivity index (χ1) is 38.0. The molecule has 2 aromatic heterocycles. The summed E-state index contributed by atoms with van der Waals surface area (Å²) in [5, 5.41) is 22.6. The molecule has 0 spiro atoms. The van der Waals surface area contributed by atoms with Crippen molar-refractivity contribution in [3.05, 3.63) is 263 Å². The van der Waals surface area contributed by atoms with Gasteiger partial charge in [0.05, 0.1) is 88.6 Å². The van der Waals surface area contributed by atoms with Crippen LogP contribution in [-0.2, 0) is 6.18 Å². The SMILES string of the molecule is [C-]#[N+]c1cccc(-c2ccc3c(c2)c2cc(-c4cccc(C#N)c4)ccc2n3-c2ccc(-c3c([N+]#[C-])cccc3C(F)(F)F)c(-n3c4ccc(-c5cccc(C#N)c5)cc4c4cc(-c5cccc([N+]#[C-])c5)ccc43)c2[N+]#[C-])c1. The lowest BCUT2D eigenvalue weighted by Crippen LogP contribution is -2.09. The van der Waals surface area contributed by atoms with Crippen LogP contribution in [0.25, 0.3) is 130 Å². The summed E-state index contributed by atoms with van der Waals surface area (Å²) in [5.41, 5.74) is 9.42. The second kappa shape index (κ2) is 18.8. The van der Waals surface area contributed by atoms with Gasteiger partial charge in [0.25, 0.3) is 0 Å². The van der Waals surface area contributed by atoms with E-state index in [-0.39, 0.29) is 28.2 Å². The molecule has 78 heavy (non-hydrogen) atoms. The van der Waals surface area contributed by atoms with Gasteiger partial charge in [-0.2, -0.15) is 23.7 Å². The molecule has 12 rings (SSSR count). The Morgan fingerprint density at radius 2 is 0.808 bits per heavy atom. The van der Waals surface area contributed by atoms with Gasteiger partial charge in [-0.15, -0.1) is 0 Å². The third-order valence-corrected chi connectivity index (χ3v) is 14.2. The zero-order valence-electron chi connectivity index (χ0n) is 40.8. The van der Waals surface area contributed by atoms with Gasteiger partial charge in [0.2, 0.25) is 5.69 Å². The van der Waals surface area contributed by atoms with Crippen LogP contribution in [0, 0.1) is 49.0 Å². The molecule has 0 atom stereocenters. The Hall–Kier alpha value is -11.5. The highest BCUT2D eigenvalue weighted by Crippen LogP contribution is 2.51. The van der Waals surface area contributed by atoms with E-state index in [2.05, 4.69) is 31.5 Å². The van der Waals surface area contributed by atoms with Gasteiger partial charge in [0.1, 0.15) is 0 Å². The summed E-state index contributed by atoms with van der Waals surface area (Å²) in [6.07, 6.45) is -4.91. The average Bonchev–Trinajstić information content (AvgIpc) is 4.15. The third-order valence-electron chi connectivity index (χ3n) is 14.2. The van der Waals surface area contributed by atoms with Crippen LogP contribution < -0.4 is 0 Å². The molecular weight excluding hydrogens is 974 g/mol. The molecule has 0 aliphatic carbocycles. The summed E-state index contributed by atoms with van der Waals surface area (Å²) < 4.78 is 50.4. The molecule has 0 saturated carbocycles. The van der Waals surface area contributed by atoms with Crippen LogP contribution in [0.5, 0.6) is 0 Å². The van der Waals surface area contributed by atoms with Gasteiger partial charge in [-0.25, -0.2) is 19.4 Å². The van der Waals surface area contributed by atoms with Crippen molar-refractivity contribution in [3.8, 4) is 79.1 Å². The van der Waals surface area contributed by atoms with E-state index in [1.165, 1.54) is 12.1 Å². The predicted octanol–water partition coefficient (Wildman–Crippen LogP) is 19.2. The van der Waals surface area contributed by atoms with Gasteiger partial charge in [0.15, 0.2) is 17.1 Å². The molecule has 10 aromatic carbocycles. The van der Waals surface area contributed by atoms with E-state index in [1.54, 1.807) is 60.7 Å². The van der Waals surface area contributed by atoms with Crippen LogP contribution >= 0.6 is 0 Å². The second-order valence-corrected chi connectivity index (χ2v) is 18.6. The molecule has 2 heterocycles. The molecule has 8 nitrogen and oxygen atoms in total. The van der Waals surface area contributed by atoms with E-state index in [0.29, 0.717) is 61.0 Å². The van der Waals surface area contributed by atoms with Gasteiger partial charge in [-0.3, -0.25) is 0 Å². The van der Waals surface area contributed by atoms with Crippen molar-refractivity contribution in [3.63, 3.8) is 0 Å². The summed E-state index contributed by atoms with van der Waals surface area (Å²) in [6.45, 7) is 33.0. The smallest absolute Gasteiger partial charge is 0.319 e. The molecule has 11 heteroatoms. The van der Waals surface area contributed by atoms with Gasteiger partial charge < -0.3 is 9.13 Å². The van der Waals surface area contributed by atoms with Crippen molar-refractivity contribution < 1.29 is 13.2 Å². The Kier molecular flexibility index (Phi) is 11.4. The van der Waals surface area contributed by atoms with Gasteiger partial charge in [-0.1, -0.05) is 109 Å². The van der Waals surface area contributed by atoms with Gasteiger partial charge in [-0.05, 0) is 141 Å². The minimum absolute atomic E-state index is 0.00252. The van der Waals surface area contributed by atoms with Crippen molar-refractivity contribution in [2.45, 2.75) is 6.18 Å². The Bertz CT molecular complexity index is 4590. The Morgan fingerprint density at radius 1 is 0.397 bits per heavy atom. The maximum Gasteiger partial charge on any atom is 0.415 e. The van der Waals surface area contributed by atoms with Crippen LogP contribution in [0.1, 0.15) is 16.7 Å². The molecule has 0 saturated heterocycles. The molecule has 0 amide bonds. The predicted molar refractivity (Wildman–Crippen MR) is 302 cm³/mol. The van der Waals surface area contributed by atoms with E-state index < -0.39 is 11.7 Å². The number of alkyl halides is 3. The van der Waals surface area contributed by atoms with Gasteiger partial charge >= 0.3 is 6.18 Å². The van der Waals surface area contributed by atoms with Crippen LogP contribution in [0.15, 0.2) is 200 Å². The quantitative estimate of drug-likeness (QED) is 0.149. The third kappa shape index (κ3) is 7.90. The van der Waals surface area contributed by atoms with Crippen LogP contribution in [-0.4, -0.2) is 9.13 Å². The van der Waals surface area contributed by atoms with Crippen LogP contribution in [0.4, 0.5) is 35.9 Å². The number of benzene rings is 10. The molecule has 0 N–H and O–H groups in total. The molecular formula is C67H33F3N8. The number of aromatic nitrogens is 2. The highest BCUT2D eigenvalue weighted by atomic mass is 19.4. The number of hydrogen-bond acceptors (Lipinski definition) is 2. The molecule has 0 radical (unpaired) electrons. The summed E-state index contributed by atoms with van der Waals surface area (Å²) >= 11 is 0. The number of fused-ring (bicyclic) bond motifs is 6. The fourth-order valence-electron chi connectivity index (χ4n) is 10.8. The fourth-order valence-corrected chi connectivity index (χ4v) is 10.8. The normalized spacial score (nSPS) is 11.2. The number of rotatable bonds is 7. The average molecular weight is 1010 g/mol. The summed E-state index contributed by atoms with van der Waals surface area (Å²) in [6, 6.07) is 63.5. The van der Waals surface area contributed by atoms with Crippen molar-refractivity contribution in [1.82, 2.24) is 9.13 Å². The lowest BCUT2D eigenvalue weighted by atomic mass is 9.94. The molecule has 0 unspecified atom stereocenters. The van der Waals surface area contributed by atoms with Gasteiger partial charge in [0, 0.05) is 27.1 Å². The Balaban J connectivity index is 1.22. The molecule has 0 aliphatic rings. The first-order valence-electron chi connectivity index (χ1n) is 24.3. The maximum absolute atomic E-state index is 15.5. The molecule has 0 aliphatic heterocycles. The first-order valence-corrected chi connectivity index (χ1v) is 24.3. The van der Waals surface area contributed by atoms with E-state index in [1.807, 2.05) is 130 Å². The largest absolute Gasteiger partial charge is 0.415 e. The monoisotopic (exact) mass is 1010 g/mol. The fraction of sp³-hybridized carbons (Fsp3) is 0.0149. The van der Waals surface area contributed by atoms with E-state index >= 15 is 13.2 Å². The van der Waals surface area contributed by atoms with Crippen LogP contribution in [0.3, 0.4) is 0 Å². The standard InChI is InChI=1S/C67H33F3N8/c1-73-50-16-7-14-44(32-50)48-21-26-60-54(36-48)53-34-46(42-12-5-10-40(30-42)38-71)20-25-59(53)77(60)63-29-24-52(64-57(67(68,69)70)18-9-19-58(64)75-3)66(65(63)76-4)78-61-27-22-47(43-13-6-11-41(31-43)39-72)35-55(61)56-37-49(23-28-62(56)78)45-15-8-17-51(33-45)74-2/h5-37H. The molecule has 362 valence electrons. The van der Waals surface area contributed by atoms with Crippen molar-refractivity contribution in [1.29, 1.82) is 10.5 Å². The lowest BCUT2D eigenvalue weighted by molar-refractivity contribution is -0.137. The van der Waals surface area contributed by atoms with Crippen molar-refractivity contribution in [2.24, 2.45) is 0 Å².